The van der Waals surface area contributed by atoms with Crippen LogP contribution in [0.3, 0.4) is 0 Å². The number of nitrogens with zero attached hydrogens (tertiary/aromatic N) is 1. The van der Waals surface area contributed by atoms with Crippen LogP contribution in [0.1, 0.15) is 30.4 Å². The summed E-state index contributed by atoms with van der Waals surface area (Å²) >= 11 is 6.35. The molecule has 0 saturated heterocycles. The van der Waals surface area contributed by atoms with Crippen LogP contribution in [-0.4, -0.2) is 35.0 Å². The molecule has 0 fully saturated rings. The van der Waals surface area contributed by atoms with Gasteiger partial charge >= 0.3 is 6.03 Å². The molecule has 0 radical (unpaired) electrons. The Morgan fingerprint density at radius 2 is 1.89 bits per heavy atom. The fourth-order valence-corrected chi connectivity index (χ4v) is 2.94. The number of hydrogen-bond acceptors (Lipinski definition) is 4. The van der Waals surface area contributed by atoms with E-state index >= 15 is 0 Å². The van der Waals surface area contributed by atoms with Crippen molar-refractivity contribution < 1.29 is 15.0 Å². The number of rotatable bonds is 7. The van der Waals surface area contributed by atoms with Gasteiger partial charge < -0.3 is 20.8 Å². The molecule has 1 atom stereocenters. The van der Waals surface area contributed by atoms with Crippen LogP contribution >= 0.6 is 11.6 Å². The van der Waals surface area contributed by atoms with E-state index in [1.165, 1.54) is 0 Å². The lowest BCUT2D eigenvalue weighted by molar-refractivity contribution is 0.0955. The summed E-state index contributed by atoms with van der Waals surface area (Å²) in [6, 6.07) is 15.9. The predicted molar refractivity (Wildman–Crippen MR) is 105 cm³/mol. The van der Waals surface area contributed by atoms with E-state index in [0.29, 0.717) is 22.7 Å². The first-order chi connectivity index (χ1) is 13.0. The van der Waals surface area contributed by atoms with Gasteiger partial charge in [0.2, 0.25) is 0 Å². The molecule has 2 aromatic carbocycles. The van der Waals surface area contributed by atoms with E-state index in [4.69, 9.17) is 11.6 Å². The van der Waals surface area contributed by atoms with E-state index in [-0.39, 0.29) is 13.2 Å². The minimum Gasteiger partial charge on any atom is -0.394 e. The molecule has 0 spiro atoms. The standard InChI is InChI=1S/C20H22ClN3O3/c1-2-20(12-25,13-26)24-19(27)23-15-8-9-16(18(21)10-15)17(11-22)14-6-4-3-5-7-14/h3-10,17,25-26H,2,12-13H2,1H3,(H2,23,24,27). The number of aliphatic hydroxyl groups is 2. The Kier molecular flexibility index (Phi) is 7.19. The summed E-state index contributed by atoms with van der Waals surface area (Å²) in [6.07, 6.45) is 0.369. The van der Waals surface area contributed by atoms with Crippen molar-refractivity contribution in [3.63, 3.8) is 0 Å². The SMILES string of the molecule is CCC(CO)(CO)NC(=O)Nc1ccc(C(C#N)c2ccccc2)c(Cl)c1. The van der Waals surface area contributed by atoms with Crippen LogP contribution in [0.4, 0.5) is 10.5 Å². The molecule has 0 aliphatic carbocycles. The van der Waals surface area contributed by atoms with Gasteiger partial charge in [-0.3, -0.25) is 0 Å². The van der Waals surface area contributed by atoms with Gasteiger partial charge in [-0.05, 0) is 29.7 Å². The third-order valence-corrected chi connectivity index (χ3v) is 4.82. The molecule has 0 aromatic heterocycles. The summed E-state index contributed by atoms with van der Waals surface area (Å²) < 4.78 is 0. The lowest BCUT2D eigenvalue weighted by atomic mass is 9.92. The number of aliphatic hydroxyl groups excluding tert-OH is 2. The van der Waals surface area contributed by atoms with Crippen molar-refractivity contribution in [3.8, 4) is 6.07 Å². The van der Waals surface area contributed by atoms with Crippen molar-refractivity contribution in [1.29, 1.82) is 5.26 Å². The average molecular weight is 388 g/mol. The Hall–Kier alpha value is -2.59. The molecule has 0 aliphatic rings. The second-order valence-corrected chi connectivity index (χ2v) is 6.65. The molecule has 27 heavy (non-hydrogen) atoms. The second-order valence-electron chi connectivity index (χ2n) is 6.24. The highest BCUT2D eigenvalue weighted by molar-refractivity contribution is 6.31. The van der Waals surface area contributed by atoms with Crippen molar-refractivity contribution in [2.24, 2.45) is 0 Å². The highest BCUT2D eigenvalue weighted by atomic mass is 35.5. The number of nitriles is 1. The maximum Gasteiger partial charge on any atom is 0.319 e. The van der Waals surface area contributed by atoms with Crippen LogP contribution in [0.15, 0.2) is 48.5 Å². The first kappa shape index (κ1) is 20.7. The fourth-order valence-electron chi connectivity index (χ4n) is 2.65. The molecule has 142 valence electrons. The lowest BCUT2D eigenvalue weighted by Gasteiger charge is -2.29. The summed E-state index contributed by atoms with van der Waals surface area (Å²) in [5.74, 6) is -0.516. The zero-order valence-electron chi connectivity index (χ0n) is 14.9. The summed E-state index contributed by atoms with van der Waals surface area (Å²) in [5.41, 5.74) is 0.823. The molecule has 6 nitrogen and oxygen atoms in total. The molecule has 0 heterocycles. The van der Waals surface area contributed by atoms with E-state index in [0.717, 1.165) is 5.56 Å². The molecule has 2 aromatic rings. The first-order valence-corrected chi connectivity index (χ1v) is 8.91. The van der Waals surface area contributed by atoms with Crippen molar-refractivity contribution in [2.75, 3.05) is 18.5 Å². The second kappa shape index (κ2) is 9.38. The first-order valence-electron chi connectivity index (χ1n) is 8.53. The molecular formula is C20H22ClN3O3. The van der Waals surface area contributed by atoms with Crippen molar-refractivity contribution in [3.05, 3.63) is 64.7 Å². The molecule has 0 bridgehead atoms. The van der Waals surface area contributed by atoms with Gasteiger partial charge in [-0.15, -0.1) is 0 Å². The Morgan fingerprint density at radius 3 is 2.41 bits per heavy atom. The molecule has 4 N–H and O–H groups in total. The van der Waals surface area contributed by atoms with Gasteiger partial charge in [-0.1, -0.05) is 54.9 Å². The number of amides is 2. The van der Waals surface area contributed by atoms with E-state index in [2.05, 4.69) is 16.7 Å². The van der Waals surface area contributed by atoms with Crippen LogP contribution in [0, 0.1) is 11.3 Å². The van der Waals surface area contributed by atoms with E-state index < -0.39 is 17.5 Å². The smallest absolute Gasteiger partial charge is 0.319 e. The summed E-state index contributed by atoms with van der Waals surface area (Å²) in [5, 5.41) is 33.9. The van der Waals surface area contributed by atoms with Crippen LogP contribution in [0.25, 0.3) is 0 Å². The maximum absolute atomic E-state index is 12.2. The van der Waals surface area contributed by atoms with Gasteiger partial charge in [0.1, 0.15) is 0 Å². The van der Waals surface area contributed by atoms with Gasteiger partial charge in [-0.25, -0.2) is 4.79 Å². The number of anilines is 1. The monoisotopic (exact) mass is 387 g/mol. The topological polar surface area (TPSA) is 105 Å². The van der Waals surface area contributed by atoms with E-state index in [1.807, 2.05) is 30.3 Å². The normalized spacial score (nSPS) is 12.1. The molecule has 2 amide bonds. The number of carbonyl (C=O) groups is 1. The molecule has 7 heteroatoms. The third kappa shape index (κ3) is 4.98. The van der Waals surface area contributed by atoms with Crippen molar-refractivity contribution in [2.45, 2.75) is 24.8 Å². The summed E-state index contributed by atoms with van der Waals surface area (Å²) in [4.78, 5) is 12.2. The van der Waals surface area contributed by atoms with Gasteiger partial charge in [0, 0.05) is 10.7 Å². The number of carbonyl (C=O) groups excluding carboxylic acids is 1. The average Bonchev–Trinajstić information content (AvgIpc) is 2.69. The molecule has 0 aliphatic heterocycles. The third-order valence-electron chi connectivity index (χ3n) is 4.49. The Bertz CT molecular complexity index is 809. The zero-order valence-corrected chi connectivity index (χ0v) is 15.7. The number of nitrogens with one attached hydrogen (secondary N) is 2. The number of urea groups is 1. The minimum absolute atomic E-state index is 0.356. The van der Waals surface area contributed by atoms with Crippen LogP contribution in [0.5, 0.6) is 0 Å². The van der Waals surface area contributed by atoms with E-state index in [1.54, 1.807) is 25.1 Å². The van der Waals surface area contributed by atoms with Crippen LogP contribution in [-0.2, 0) is 0 Å². The van der Waals surface area contributed by atoms with Crippen molar-refractivity contribution >= 4 is 23.3 Å². The number of halogens is 1. The van der Waals surface area contributed by atoms with E-state index in [9.17, 15) is 20.3 Å². The lowest BCUT2D eigenvalue weighted by Crippen LogP contribution is -2.55. The highest BCUT2D eigenvalue weighted by Crippen LogP contribution is 2.31. The quantitative estimate of drug-likeness (QED) is 0.585. The maximum atomic E-state index is 12.2. The van der Waals surface area contributed by atoms with Crippen molar-refractivity contribution in [1.82, 2.24) is 5.32 Å². The Balaban J connectivity index is 2.17. The van der Waals surface area contributed by atoms with Gasteiger partial charge in [0.15, 0.2) is 0 Å². The van der Waals surface area contributed by atoms with Gasteiger partial charge in [-0.2, -0.15) is 5.26 Å². The zero-order chi connectivity index (χ0) is 19.9. The molecule has 1 unspecified atom stereocenters. The van der Waals surface area contributed by atoms with Crippen LogP contribution in [0.2, 0.25) is 5.02 Å². The number of benzene rings is 2. The van der Waals surface area contributed by atoms with Gasteiger partial charge in [0.05, 0.1) is 30.7 Å². The van der Waals surface area contributed by atoms with Gasteiger partial charge in [0.25, 0.3) is 0 Å². The highest BCUT2D eigenvalue weighted by Gasteiger charge is 2.28. The summed E-state index contributed by atoms with van der Waals surface area (Å²) in [6.45, 7) is 0.992. The van der Waals surface area contributed by atoms with Crippen LogP contribution < -0.4 is 10.6 Å². The summed E-state index contributed by atoms with van der Waals surface area (Å²) in [7, 11) is 0. The minimum atomic E-state index is -1.09. The Labute approximate surface area is 163 Å². The molecule has 0 saturated carbocycles. The molecule has 2 rings (SSSR count). The Morgan fingerprint density at radius 1 is 1.22 bits per heavy atom. The largest absolute Gasteiger partial charge is 0.394 e. The fraction of sp³-hybridized carbons (Fsp3) is 0.300. The number of hydrogen-bond donors (Lipinski definition) is 4. The molecular weight excluding hydrogens is 366 g/mol. The predicted octanol–water partition coefficient (Wildman–Crippen LogP) is 3.25.